The van der Waals surface area contributed by atoms with Gasteiger partial charge in [-0.3, -0.25) is 0 Å². The molecule has 2 unspecified atom stereocenters. The summed E-state index contributed by atoms with van der Waals surface area (Å²) in [7, 11) is 0. The molecule has 11 heteroatoms. The third-order valence-electron chi connectivity index (χ3n) is 5.66. The van der Waals surface area contributed by atoms with Crippen LogP contribution >= 0.6 is 11.3 Å². The standard InChI is InChI=1S/C24H21F6NO3S/c1-2-14-9-10-35-22(14)19-13-33-21-17(15-5-3-6-16(11-15)34-24(28,29)30)7-4-8-18(21)31(19)12-20(32)23(25,26)27/h3-11,19-20,32H,2,12-13H2,1H3. The molecular formula is C24H21F6NO3S. The quantitative estimate of drug-likeness (QED) is 0.368. The first kappa shape index (κ1) is 25.2. The zero-order chi connectivity index (χ0) is 25.4. The molecular weight excluding hydrogens is 496 g/mol. The Labute approximate surface area is 201 Å². The molecule has 1 N–H and O–H groups in total. The normalized spacial score (nSPS) is 17.0. The van der Waals surface area contributed by atoms with Gasteiger partial charge in [0.15, 0.2) is 11.9 Å². The summed E-state index contributed by atoms with van der Waals surface area (Å²) >= 11 is 1.39. The molecule has 0 amide bonds. The number of aryl methyl sites for hydroxylation is 1. The van der Waals surface area contributed by atoms with Gasteiger partial charge in [0.2, 0.25) is 0 Å². The van der Waals surface area contributed by atoms with Gasteiger partial charge in [-0.05, 0) is 47.2 Å². The van der Waals surface area contributed by atoms with Gasteiger partial charge in [0.1, 0.15) is 12.4 Å². The fraction of sp³-hybridized carbons (Fsp3) is 0.333. The van der Waals surface area contributed by atoms with Gasteiger partial charge in [0.05, 0.1) is 18.3 Å². The van der Waals surface area contributed by atoms with Gasteiger partial charge in [0.25, 0.3) is 0 Å². The van der Waals surface area contributed by atoms with E-state index in [9.17, 15) is 31.4 Å². The smallest absolute Gasteiger partial charge is 0.488 e. The Hall–Kier alpha value is -2.92. The summed E-state index contributed by atoms with van der Waals surface area (Å²) < 4.78 is 88.0. The molecule has 0 spiro atoms. The van der Waals surface area contributed by atoms with E-state index in [-0.39, 0.29) is 12.4 Å². The first-order valence-corrected chi connectivity index (χ1v) is 11.6. The second-order valence-corrected chi connectivity index (χ2v) is 8.88. The van der Waals surface area contributed by atoms with Crippen molar-refractivity contribution in [3.63, 3.8) is 0 Å². The molecule has 0 fully saturated rings. The number of fused-ring (bicyclic) bond motifs is 1. The molecule has 0 radical (unpaired) electrons. The van der Waals surface area contributed by atoms with E-state index in [2.05, 4.69) is 4.74 Å². The molecule has 4 nitrogen and oxygen atoms in total. The van der Waals surface area contributed by atoms with Crippen LogP contribution in [-0.2, 0) is 6.42 Å². The third-order valence-corrected chi connectivity index (χ3v) is 6.72. The van der Waals surface area contributed by atoms with Gasteiger partial charge in [-0.1, -0.05) is 31.2 Å². The number of halogens is 6. The Morgan fingerprint density at radius 1 is 1.11 bits per heavy atom. The number of benzene rings is 2. The van der Waals surface area contributed by atoms with Crippen molar-refractivity contribution in [2.75, 3.05) is 18.1 Å². The van der Waals surface area contributed by atoms with Crippen molar-refractivity contribution in [3.05, 3.63) is 64.4 Å². The molecule has 35 heavy (non-hydrogen) atoms. The molecule has 2 atom stereocenters. The summed E-state index contributed by atoms with van der Waals surface area (Å²) in [5.74, 6) is -0.214. The summed E-state index contributed by atoms with van der Waals surface area (Å²) in [5, 5.41) is 11.8. The molecule has 0 saturated carbocycles. The summed E-state index contributed by atoms with van der Waals surface area (Å²) in [6, 6.07) is 11.3. The molecule has 4 rings (SSSR count). The van der Waals surface area contributed by atoms with Gasteiger partial charge in [0, 0.05) is 10.4 Å². The van der Waals surface area contributed by atoms with Gasteiger partial charge in [-0.15, -0.1) is 24.5 Å². The topological polar surface area (TPSA) is 41.9 Å². The third kappa shape index (κ3) is 5.51. The van der Waals surface area contributed by atoms with E-state index in [0.717, 1.165) is 16.5 Å². The van der Waals surface area contributed by atoms with E-state index in [4.69, 9.17) is 4.74 Å². The number of hydrogen-bond donors (Lipinski definition) is 1. The molecule has 1 aromatic heterocycles. The van der Waals surface area contributed by atoms with E-state index < -0.39 is 37.0 Å². The first-order valence-electron chi connectivity index (χ1n) is 10.7. The lowest BCUT2D eigenvalue weighted by atomic mass is 9.99. The van der Waals surface area contributed by atoms with Crippen molar-refractivity contribution in [2.45, 2.75) is 38.0 Å². The number of aliphatic hydroxyl groups is 1. The van der Waals surface area contributed by atoms with Gasteiger partial charge >= 0.3 is 12.5 Å². The van der Waals surface area contributed by atoms with Crippen LogP contribution in [0.15, 0.2) is 53.9 Å². The molecule has 2 heterocycles. The van der Waals surface area contributed by atoms with Crippen LogP contribution < -0.4 is 14.4 Å². The zero-order valence-electron chi connectivity index (χ0n) is 18.4. The van der Waals surface area contributed by atoms with Gasteiger partial charge in [-0.2, -0.15) is 13.2 Å². The van der Waals surface area contributed by atoms with Crippen LogP contribution in [0.3, 0.4) is 0 Å². The van der Waals surface area contributed by atoms with Gasteiger partial charge < -0.3 is 19.5 Å². The second-order valence-electron chi connectivity index (χ2n) is 7.93. The van der Waals surface area contributed by atoms with E-state index >= 15 is 0 Å². The van der Waals surface area contributed by atoms with Crippen LogP contribution in [0.5, 0.6) is 11.5 Å². The minimum absolute atomic E-state index is 0.000839. The average Bonchev–Trinajstić information content (AvgIpc) is 3.26. The lowest BCUT2D eigenvalue weighted by molar-refractivity contribution is -0.274. The van der Waals surface area contributed by atoms with Crippen LogP contribution in [0.1, 0.15) is 23.4 Å². The molecule has 1 aliphatic heterocycles. The van der Waals surface area contributed by atoms with Crippen LogP contribution in [-0.4, -0.2) is 36.9 Å². The number of para-hydroxylation sites is 1. The Kier molecular flexibility index (Phi) is 6.92. The largest absolute Gasteiger partial charge is 0.573 e. The van der Waals surface area contributed by atoms with Crippen molar-refractivity contribution in [1.82, 2.24) is 0 Å². The molecule has 2 aromatic carbocycles. The number of nitrogens with zero attached hydrogens (tertiary/aromatic N) is 1. The maximum Gasteiger partial charge on any atom is 0.573 e. The van der Waals surface area contributed by atoms with E-state index in [1.165, 1.54) is 28.4 Å². The fourth-order valence-corrected chi connectivity index (χ4v) is 5.17. The van der Waals surface area contributed by atoms with Crippen LogP contribution in [0, 0.1) is 0 Å². The predicted molar refractivity (Wildman–Crippen MR) is 120 cm³/mol. The Morgan fingerprint density at radius 2 is 1.86 bits per heavy atom. The first-order chi connectivity index (χ1) is 16.5. The molecule has 0 saturated heterocycles. The van der Waals surface area contributed by atoms with Crippen molar-refractivity contribution in [2.24, 2.45) is 0 Å². The highest BCUT2D eigenvalue weighted by atomic mass is 32.1. The summed E-state index contributed by atoms with van der Waals surface area (Å²) in [6.07, 6.45) is -11.6. The Bertz CT molecular complexity index is 1180. The average molecular weight is 517 g/mol. The highest BCUT2D eigenvalue weighted by Gasteiger charge is 2.42. The van der Waals surface area contributed by atoms with E-state index in [1.807, 2.05) is 18.4 Å². The molecule has 3 aromatic rings. The zero-order valence-corrected chi connectivity index (χ0v) is 19.2. The highest BCUT2D eigenvalue weighted by molar-refractivity contribution is 7.10. The summed E-state index contributed by atoms with van der Waals surface area (Å²) in [6.45, 7) is 1.21. The van der Waals surface area contributed by atoms with Crippen molar-refractivity contribution >= 4 is 17.0 Å². The fourth-order valence-electron chi connectivity index (χ4n) is 4.08. The number of rotatable bonds is 6. The summed E-state index contributed by atoms with van der Waals surface area (Å²) in [4.78, 5) is 2.29. The second kappa shape index (κ2) is 9.62. The SMILES string of the molecule is CCc1ccsc1C1COc2c(-c3cccc(OC(F)(F)F)c3)cccc2N1CC(O)C(F)(F)F. The highest BCUT2D eigenvalue weighted by Crippen LogP contribution is 2.47. The number of alkyl halides is 6. The lowest BCUT2D eigenvalue weighted by Gasteiger charge is -2.40. The van der Waals surface area contributed by atoms with E-state index in [0.29, 0.717) is 23.2 Å². The predicted octanol–water partition coefficient (Wildman–Crippen LogP) is 6.74. The van der Waals surface area contributed by atoms with Crippen molar-refractivity contribution < 1.29 is 40.9 Å². The maximum absolute atomic E-state index is 13.3. The van der Waals surface area contributed by atoms with Crippen LogP contribution in [0.25, 0.3) is 11.1 Å². The van der Waals surface area contributed by atoms with Crippen LogP contribution in [0.4, 0.5) is 32.0 Å². The number of aliphatic hydroxyl groups excluding tert-OH is 1. The number of thiophene rings is 1. The number of hydrogen-bond acceptors (Lipinski definition) is 5. The molecule has 0 bridgehead atoms. The minimum atomic E-state index is -4.87. The number of β-amino-alcohol motifs (C(OH)–C–C–N with tert-alkyl or cyclic N) is 1. The van der Waals surface area contributed by atoms with Crippen LogP contribution in [0.2, 0.25) is 0 Å². The Balaban J connectivity index is 1.78. The lowest BCUT2D eigenvalue weighted by Crippen LogP contribution is -2.46. The van der Waals surface area contributed by atoms with Crippen molar-refractivity contribution in [1.29, 1.82) is 0 Å². The molecule has 188 valence electrons. The minimum Gasteiger partial charge on any atom is -0.488 e. The summed E-state index contributed by atoms with van der Waals surface area (Å²) in [5.41, 5.74) is 2.00. The van der Waals surface area contributed by atoms with Gasteiger partial charge in [-0.25, -0.2) is 0 Å². The van der Waals surface area contributed by atoms with E-state index in [1.54, 1.807) is 24.3 Å². The molecule has 0 aliphatic carbocycles. The van der Waals surface area contributed by atoms with Crippen molar-refractivity contribution in [3.8, 4) is 22.6 Å². The Morgan fingerprint density at radius 3 is 2.54 bits per heavy atom. The number of ether oxygens (including phenoxy) is 2. The monoisotopic (exact) mass is 517 g/mol. The molecule has 1 aliphatic rings. The number of anilines is 1. The maximum atomic E-state index is 13.3.